The van der Waals surface area contributed by atoms with Crippen molar-refractivity contribution in [3.63, 3.8) is 0 Å². The monoisotopic (exact) mass is 446 g/mol. The molecule has 29 heavy (non-hydrogen) atoms. The first-order valence-electron chi connectivity index (χ1n) is 8.23. The summed E-state index contributed by atoms with van der Waals surface area (Å²) in [5.41, 5.74) is 0.360. The predicted octanol–water partition coefficient (Wildman–Crippen LogP) is 5.83. The number of hydrogen-bond donors (Lipinski definition) is 1. The third-order valence-electron chi connectivity index (χ3n) is 3.39. The van der Waals surface area contributed by atoms with E-state index >= 15 is 0 Å². The van der Waals surface area contributed by atoms with Crippen molar-refractivity contribution in [1.82, 2.24) is 0 Å². The molecule has 0 spiro atoms. The highest BCUT2D eigenvalue weighted by Gasteiger charge is 2.34. The fraction of sp³-hybridized carbons (Fsp3) is 0.211. The van der Waals surface area contributed by atoms with Gasteiger partial charge in [-0.2, -0.15) is 26.4 Å². The number of oxime groups is 1. The van der Waals surface area contributed by atoms with Gasteiger partial charge < -0.3 is 4.84 Å². The Kier molecular flexibility index (Phi) is 10.1. The molecule has 2 rings (SSSR count). The lowest BCUT2D eigenvalue weighted by molar-refractivity contribution is -0.137. The molecule has 0 aromatic heterocycles. The van der Waals surface area contributed by atoms with E-state index in [9.17, 15) is 13.2 Å². The summed E-state index contributed by atoms with van der Waals surface area (Å²) in [6, 6.07) is 13.0. The standard InChI is InChI=1S/C19H17ClF3NO.HNO2S/c1-2-18(16-13-15(20)10-11-17(16)19(21,22)23)24-25-12-6-9-14-7-4-3-5-8-14;1-4(2)3/h3-11,13H,2,12H2,1H3;1H/b9-6+,24-18+;. The molecule has 0 radical (unpaired) electrons. The van der Waals surface area contributed by atoms with Crippen molar-refractivity contribution in [1.29, 1.82) is 4.78 Å². The van der Waals surface area contributed by atoms with Crippen molar-refractivity contribution in [3.05, 3.63) is 76.3 Å². The number of rotatable bonds is 6. The zero-order chi connectivity index (χ0) is 21.9. The van der Waals surface area contributed by atoms with E-state index in [2.05, 4.69) is 5.16 Å². The van der Waals surface area contributed by atoms with E-state index in [1.54, 1.807) is 13.0 Å². The predicted molar refractivity (Wildman–Crippen MR) is 106 cm³/mol. The van der Waals surface area contributed by atoms with Crippen LogP contribution in [0, 0.1) is 4.78 Å². The van der Waals surface area contributed by atoms with Crippen LogP contribution in [0.15, 0.2) is 59.8 Å². The zero-order valence-electron chi connectivity index (χ0n) is 15.3. The Morgan fingerprint density at radius 1 is 1.21 bits per heavy atom. The molecule has 156 valence electrons. The number of hydrogen-bond acceptors (Lipinski definition) is 5. The minimum absolute atomic E-state index is 0.0606. The lowest BCUT2D eigenvalue weighted by Gasteiger charge is -2.14. The minimum Gasteiger partial charge on any atom is -0.391 e. The Labute approximate surface area is 173 Å². The second kappa shape index (κ2) is 12.0. The van der Waals surface area contributed by atoms with Gasteiger partial charge in [-0.25, -0.2) is 0 Å². The molecule has 0 aliphatic heterocycles. The van der Waals surface area contributed by atoms with E-state index in [-0.39, 0.29) is 29.3 Å². The Bertz CT molecular complexity index is 954. The topological polar surface area (TPSA) is 79.6 Å². The van der Waals surface area contributed by atoms with E-state index in [0.29, 0.717) is 0 Å². The number of nitrogens with zero attached hydrogens (tertiary/aromatic N) is 1. The Balaban J connectivity index is 0.000000960. The maximum atomic E-state index is 13.2. The molecule has 0 heterocycles. The van der Waals surface area contributed by atoms with Gasteiger partial charge in [0.1, 0.15) is 6.61 Å². The third kappa shape index (κ3) is 9.40. The lowest BCUT2D eigenvalue weighted by atomic mass is 10.0. The van der Waals surface area contributed by atoms with Crippen molar-refractivity contribution in [2.75, 3.05) is 6.61 Å². The summed E-state index contributed by atoms with van der Waals surface area (Å²) in [6.45, 7) is 1.86. The van der Waals surface area contributed by atoms with E-state index < -0.39 is 22.2 Å². The molecule has 0 fully saturated rings. The minimum atomic E-state index is -4.48. The van der Waals surface area contributed by atoms with Gasteiger partial charge in [-0.15, -0.1) is 0 Å². The second-order valence-corrected chi connectivity index (χ2v) is 6.33. The molecule has 0 saturated heterocycles. The molecule has 2 aromatic rings. The Morgan fingerprint density at radius 2 is 1.83 bits per heavy atom. The highest BCUT2D eigenvalue weighted by Crippen LogP contribution is 2.34. The maximum absolute atomic E-state index is 13.2. The molecule has 2 aromatic carbocycles. The summed E-state index contributed by atoms with van der Waals surface area (Å²) in [5, 5.41) is 4.08. The largest absolute Gasteiger partial charge is 0.417 e. The van der Waals surface area contributed by atoms with Crippen LogP contribution in [0.3, 0.4) is 0 Å². The van der Waals surface area contributed by atoms with Gasteiger partial charge in [0.2, 0.25) is 0 Å². The molecule has 10 heteroatoms. The normalized spacial score (nSPS) is 11.7. The van der Waals surface area contributed by atoms with Gasteiger partial charge in [-0.3, -0.25) is 0 Å². The van der Waals surface area contributed by atoms with Crippen molar-refractivity contribution in [2.24, 2.45) is 5.16 Å². The van der Waals surface area contributed by atoms with Crippen LogP contribution in [-0.2, 0) is 21.5 Å². The van der Waals surface area contributed by atoms with Gasteiger partial charge in [0.15, 0.2) is 0 Å². The fourth-order valence-corrected chi connectivity index (χ4v) is 2.39. The zero-order valence-corrected chi connectivity index (χ0v) is 16.9. The molecule has 0 bridgehead atoms. The van der Waals surface area contributed by atoms with Crippen LogP contribution in [0.4, 0.5) is 13.2 Å². The molecule has 0 aliphatic rings. The summed E-state index contributed by atoms with van der Waals surface area (Å²) in [6.07, 6.45) is -0.606. The summed E-state index contributed by atoms with van der Waals surface area (Å²) in [7, 11) is -2.61. The van der Waals surface area contributed by atoms with E-state index in [0.717, 1.165) is 11.6 Å². The summed E-state index contributed by atoms with van der Waals surface area (Å²) < 4.78 is 62.3. The smallest absolute Gasteiger partial charge is 0.391 e. The molecule has 0 aliphatic carbocycles. The van der Waals surface area contributed by atoms with Crippen molar-refractivity contribution >= 4 is 33.9 Å². The van der Waals surface area contributed by atoms with Crippen molar-refractivity contribution < 1.29 is 26.4 Å². The maximum Gasteiger partial charge on any atom is 0.417 e. The van der Waals surface area contributed by atoms with Crippen LogP contribution in [0.2, 0.25) is 5.02 Å². The lowest BCUT2D eigenvalue weighted by Crippen LogP contribution is -2.13. The first-order valence-corrected chi connectivity index (χ1v) is 9.68. The van der Waals surface area contributed by atoms with Crippen LogP contribution in [0.1, 0.15) is 30.0 Å². The molecule has 5 nitrogen and oxygen atoms in total. The van der Waals surface area contributed by atoms with Crippen LogP contribution < -0.4 is 0 Å². The molecular formula is C19H18ClF3N2O3S. The van der Waals surface area contributed by atoms with E-state index in [1.165, 1.54) is 12.1 Å². The average Bonchev–Trinajstić information content (AvgIpc) is 2.64. The summed E-state index contributed by atoms with van der Waals surface area (Å²) in [4.78, 5) is 5.16. The van der Waals surface area contributed by atoms with Crippen LogP contribution in [0.25, 0.3) is 6.08 Å². The molecule has 1 N–H and O–H groups in total. The van der Waals surface area contributed by atoms with Crippen LogP contribution in [0.5, 0.6) is 0 Å². The number of alkyl halides is 3. The van der Waals surface area contributed by atoms with Gasteiger partial charge in [0, 0.05) is 10.6 Å². The molecule has 0 saturated carbocycles. The van der Waals surface area contributed by atoms with Gasteiger partial charge in [0.25, 0.3) is 0 Å². The van der Waals surface area contributed by atoms with E-state index in [1.807, 2.05) is 36.4 Å². The third-order valence-corrected chi connectivity index (χ3v) is 3.62. The SMILES string of the molecule is CC/C(=N\OC/C=C/c1ccccc1)c1cc(Cl)ccc1C(F)(F)F.N=S(=O)=O. The molecule has 0 unspecified atom stereocenters. The van der Waals surface area contributed by atoms with Gasteiger partial charge >= 0.3 is 16.7 Å². The quantitative estimate of drug-likeness (QED) is 0.344. The highest BCUT2D eigenvalue weighted by molar-refractivity contribution is 7.60. The first kappa shape index (κ1) is 24.4. The van der Waals surface area contributed by atoms with Gasteiger partial charge in [-0.05, 0) is 36.3 Å². The Morgan fingerprint density at radius 3 is 2.38 bits per heavy atom. The number of halogens is 4. The molecule has 0 amide bonds. The van der Waals surface area contributed by atoms with Crippen molar-refractivity contribution in [2.45, 2.75) is 19.5 Å². The summed E-state index contributed by atoms with van der Waals surface area (Å²) in [5.74, 6) is 0. The number of nitrogens with one attached hydrogen (secondary N) is 1. The van der Waals surface area contributed by atoms with Crippen LogP contribution in [-0.4, -0.2) is 20.7 Å². The molecule has 0 atom stereocenters. The fourth-order valence-electron chi connectivity index (χ4n) is 2.21. The van der Waals surface area contributed by atoms with Gasteiger partial charge in [-0.1, -0.05) is 60.1 Å². The van der Waals surface area contributed by atoms with Crippen LogP contribution >= 0.6 is 11.6 Å². The molecular weight excluding hydrogens is 429 g/mol. The number of benzene rings is 2. The average molecular weight is 447 g/mol. The Hall–Kier alpha value is -2.65. The first-order chi connectivity index (χ1) is 13.6. The highest BCUT2D eigenvalue weighted by atomic mass is 35.5. The summed E-state index contributed by atoms with van der Waals surface area (Å²) >= 11 is 5.85. The van der Waals surface area contributed by atoms with E-state index in [4.69, 9.17) is 29.6 Å². The second-order valence-electron chi connectivity index (χ2n) is 5.42. The van der Waals surface area contributed by atoms with Gasteiger partial charge in [0.05, 0.1) is 11.3 Å². The van der Waals surface area contributed by atoms with Crippen molar-refractivity contribution in [3.8, 4) is 0 Å².